The lowest BCUT2D eigenvalue weighted by atomic mass is 10.1. The van der Waals surface area contributed by atoms with Crippen LogP contribution in [0, 0.1) is 0 Å². The third-order valence-electron chi connectivity index (χ3n) is 6.24. The average Bonchev–Trinajstić information content (AvgIpc) is 2.97. The number of hydrogen-bond acceptors (Lipinski definition) is 7. The van der Waals surface area contributed by atoms with E-state index in [0.29, 0.717) is 53.0 Å². The number of rotatable bonds is 12. The van der Waals surface area contributed by atoms with Crippen molar-refractivity contribution in [2.24, 2.45) is 0 Å². The molecule has 0 amide bonds. The first-order chi connectivity index (χ1) is 19.3. The number of aryl methyl sites for hydroxylation is 1. The van der Waals surface area contributed by atoms with Crippen LogP contribution in [0.1, 0.15) is 36.5 Å². The molecule has 40 heavy (non-hydrogen) atoms. The van der Waals surface area contributed by atoms with Gasteiger partial charge in [-0.15, -0.1) is 0 Å². The molecule has 0 saturated heterocycles. The van der Waals surface area contributed by atoms with Crippen LogP contribution in [0.2, 0.25) is 5.02 Å². The Bertz CT molecular complexity index is 1530. The van der Waals surface area contributed by atoms with Gasteiger partial charge >= 0.3 is 5.97 Å². The zero-order valence-electron chi connectivity index (χ0n) is 22.4. The summed E-state index contributed by atoms with van der Waals surface area (Å²) >= 11 is 6.03. The van der Waals surface area contributed by atoms with E-state index >= 15 is 0 Å². The summed E-state index contributed by atoms with van der Waals surface area (Å²) in [5.41, 5.74) is 2.61. The lowest BCUT2D eigenvalue weighted by Crippen LogP contribution is -2.28. The van der Waals surface area contributed by atoms with E-state index in [4.69, 9.17) is 21.1 Å². The van der Waals surface area contributed by atoms with Crippen LogP contribution in [0.3, 0.4) is 0 Å². The van der Waals surface area contributed by atoms with Gasteiger partial charge in [0, 0.05) is 41.7 Å². The Hall–Kier alpha value is -4.43. The molecular formula is C31H30ClN3O5. The smallest absolute Gasteiger partial charge is 0.305 e. The Morgan fingerprint density at radius 1 is 0.975 bits per heavy atom. The number of Topliss-reactive ketones (excluding diaryl/α,β-unsaturated/α-hetero) is 1. The summed E-state index contributed by atoms with van der Waals surface area (Å²) in [5.74, 6) is 1.34. The molecule has 1 N–H and O–H groups in total. The zero-order chi connectivity index (χ0) is 28.5. The fourth-order valence-electron chi connectivity index (χ4n) is 4.00. The largest absolute Gasteiger partial charge is 0.469 e. The number of carbonyl (C=O) groups is 2. The van der Waals surface area contributed by atoms with Crippen molar-refractivity contribution in [1.82, 2.24) is 9.55 Å². The number of anilines is 2. The van der Waals surface area contributed by atoms with Crippen LogP contribution < -0.4 is 15.6 Å². The van der Waals surface area contributed by atoms with E-state index in [2.05, 4.69) is 10.3 Å². The van der Waals surface area contributed by atoms with Crippen LogP contribution in [0.5, 0.6) is 11.5 Å². The highest BCUT2D eigenvalue weighted by molar-refractivity contribution is 6.30. The van der Waals surface area contributed by atoms with Crippen molar-refractivity contribution in [2.45, 2.75) is 39.2 Å². The number of halogens is 1. The average molecular weight is 560 g/mol. The molecule has 1 aromatic heterocycles. The van der Waals surface area contributed by atoms with E-state index in [0.717, 1.165) is 11.1 Å². The summed E-state index contributed by atoms with van der Waals surface area (Å²) in [6.45, 7) is 2.03. The highest BCUT2D eigenvalue weighted by Gasteiger charge is 2.14. The van der Waals surface area contributed by atoms with Gasteiger partial charge in [0.25, 0.3) is 5.56 Å². The van der Waals surface area contributed by atoms with Crippen LogP contribution >= 0.6 is 11.6 Å². The maximum absolute atomic E-state index is 13.3. The Balaban J connectivity index is 1.52. The number of esters is 1. The van der Waals surface area contributed by atoms with E-state index in [9.17, 15) is 14.4 Å². The summed E-state index contributed by atoms with van der Waals surface area (Å²) in [7, 11) is 1.37. The van der Waals surface area contributed by atoms with E-state index in [1.54, 1.807) is 31.2 Å². The summed E-state index contributed by atoms with van der Waals surface area (Å²) in [5, 5.41) is 3.82. The maximum Gasteiger partial charge on any atom is 0.305 e. The van der Waals surface area contributed by atoms with Crippen molar-refractivity contribution in [3.63, 3.8) is 0 Å². The first-order valence-electron chi connectivity index (χ1n) is 12.9. The predicted octanol–water partition coefficient (Wildman–Crippen LogP) is 6.11. The van der Waals surface area contributed by atoms with Crippen molar-refractivity contribution < 1.29 is 19.1 Å². The number of ketones is 1. The molecule has 9 heteroatoms. The number of ether oxygens (including phenoxy) is 2. The molecule has 0 saturated carbocycles. The van der Waals surface area contributed by atoms with Crippen LogP contribution in [-0.4, -0.2) is 28.4 Å². The number of hydrogen-bond donors (Lipinski definition) is 1. The first-order valence-corrected chi connectivity index (χ1v) is 13.3. The molecule has 206 valence electrons. The van der Waals surface area contributed by atoms with Gasteiger partial charge in [0.1, 0.15) is 17.3 Å². The molecule has 3 aromatic carbocycles. The zero-order valence-corrected chi connectivity index (χ0v) is 23.1. The summed E-state index contributed by atoms with van der Waals surface area (Å²) in [6.07, 6.45) is 2.71. The number of nitrogens with zero attached hydrogens (tertiary/aromatic N) is 2. The second-order valence-electron chi connectivity index (χ2n) is 9.17. The maximum atomic E-state index is 13.3. The summed E-state index contributed by atoms with van der Waals surface area (Å²) < 4.78 is 12.2. The summed E-state index contributed by atoms with van der Waals surface area (Å²) in [4.78, 5) is 41.3. The van der Waals surface area contributed by atoms with Crippen LogP contribution in [-0.2, 0) is 33.7 Å². The van der Waals surface area contributed by atoms with Gasteiger partial charge in [-0.3, -0.25) is 19.0 Å². The SMILES string of the molecule is CCC(=O)Cc1cnc(Nc2ccc(Oc3cccc(CCC(=O)OC)c3)cc2)n(Cc2ccc(Cl)cc2)c1=O. The molecular weight excluding hydrogens is 530 g/mol. The minimum atomic E-state index is -0.277. The summed E-state index contributed by atoms with van der Waals surface area (Å²) in [6, 6.07) is 22.0. The lowest BCUT2D eigenvalue weighted by Gasteiger charge is -2.15. The first kappa shape index (κ1) is 28.6. The van der Waals surface area contributed by atoms with E-state index in [1.807, 2.05) is 48.5 Å². The molecule has 0 spiro atoms. The van der Waals surface area contributed by atoms with Crippen LogP contribution in [0.4, 0.5) is 11.6 Å². The molecule has 0 aliphatic rings. The standard InChI is InChI=1S/C31H30ClN3O5/c1-3-26(36)18-23-19-33-31(35(30(23)38)20-22-7-10-24(32)11-8-22)34-25-12-14-27(15-13-25)40-28-6-4-5-21(17-28)9-16-29(37)39-2/h4-8,10-15,17,19H,3,9,16,18,20H2,1-2H3,(H,33,34). The quantitative estimate of drug-likeness (QED) is 0.209. The van der Waals surface area contributed by atoms with Gasteiger partial charge in [-0.05, 0) is 66.1 Å². The number of aromatic nitrogens is 2. The van der Waals surface area contributed by atoms with Gasteiger partial charge in [-0.25, -0.2) is 4.98 Å². The molecule has 4 aromatic rings. The number of carbonyl (C=O) groups excluding carboxylic acids is 2. The van der Waals surface area contributed by atoms with Gasteiger partial charge in [0.15, 0.2) is 0 Å². The second-order valence-corrected chi connectivity index (χ2v) is 9.61. The van der Waals surface area contributed by atoms with Gasteiger partial charge in [0.05, 0.1) is 13.7 Å². The molecule has 0 atom stereocenters. The Morgan fingerprint density at radius 3 is 2.42 bits per heavy atom. The van der Waals surface area contributed by atoms with Crippen molar-refractivity contribution in [1.29, 1.82) is 0 Å². The second kappa shape index (κ2) is 13.6. The Morgan fingerprint density at radius 2 is 1.73 bits per heavy atom. The monoisotopic (exact) mass is 559 g/mol. The molecule has 0 aliphatic carbocycles. The molecule has 0 radical (unpaired) electrons. The predicted molar refractivity (Wildman–Crippen MR) is 155 cm³/mol. The molecule has 0 bridgehead atoms. The highest BCUT2D eigenvalue weighted by atomic mass is 35.5. The number of nitrogens with one attached hydrogen (secondary N) is 1. The van der Waals surface area contributed by atoms with E-state index < -0.39 is 0 Å². The van der Waals surface area contributed by atoms with Gasteiger partial charge in [0.2, 0.25) is 5.95 Å². The fourth-order valence-corrected chi connectivity index (χ4v) is 4.12. The molecule has 0 unspecified atom stereocenters. The molecule has 0 aliphatic heterocycles. The number of benzene rings is 3. The third kappa shape index (κ3) is 7.80. The minimum absolute atomic E-state index is 0.0257. The van der Waals surface area contributed by atoms with Crippen molar-refractivity contribution in [2.75, 3.05) is 12.4 Å². The Labute approximate surface area is 237 Å². The van der Waals surface area contributed by atoms with Crippen LogP contribution in [0.15, 0.2) is 83.8 Å². The van der Waals surface area contributed by atoms with E-state index in [-0.39, 0.29) is 30.3 Å². The van der Waals surface area contributed by atoms with Gasteiger partial charge in [-0.2, -0.15) is 0 Å². The lowest BCUT2D eigenvalue weighted by molar-refractivity contribution is -0.140. The normalized spacial score (nSPS) is 10.7. The van der Waals surface area contributed by atoms with Gasteiger partial charge in [-0.1, -0.05) is 42.8 Å². The minimum Gasteiger partial charge on any atom is -0.469 e. The molecule has 4 rings (SSSR count). The van der Waals surface area contributed by atoms with Crippen molar-refractivity contribution in [3.8, 4) is 11.5 Å². The topological polar surface area (TPSA) is 99.5 Å². The van der Waals surface area contributed by atoms with E-state index in [1.165, 1.54) is 17.9 Å². The van der Waals surface area contributed by atoms with Gasteiger partial charge < -0.3 is 14.8 Å². The molecule has 1 heterocycles. The molecule has 8 nitrogen and oxygen atoms in total. The third-order valence-corrected chi connectivity index (χ3v) is 6.50. The van der Waals surface area contributed by atoms with Crippen molar-refractivity contribution >= 4 is 35.0 Å². The Kier molecular flexibility index (Phi) is 9.70. The van der Waals surface area contributed by atoms with Crippen LogP contribution in [0.25, 0.3) is 0 Å². The van der Waals surface area contributed by atoms with Crippen molar-refractivity contribution in [3.05, 3.63) is 111 Å². The fraction of sp³-hybridized carbons (Fsp3) is 0.226. The molecule has 0 fully saturated rings. The number of methoxy groups -OCH3 is 1. The highest BCUT2D eigenvalue weighted by Crippen LogP contribution is 2.25.